The van der Waals surface area contributed by atoms with Crippen molar-refractivity contribution >= 4 is 28.6 Å². The number of halogens is 1. The van der Waals surface area contributed by atoms with Crippen LogP contribution in [0.1, 0.15) is 6.42 Å². The summed E-state index contributed by atoms with van der Waals surface area (Å²) in [6.45, 7) is 5.58. The molecule has 1 N–H and O–H groups in total. The minimum Gasteiger partial charge on any atom is -0.492 e. The molecule has 0 aromatic carbocycles. The van der Waals surface area contributed by atoms with Crippen molar-refractivity contribution in [1.82, 2.24) is 9.88 Å². The van der Waals surface area contributed by atoms with Crippen molar-refractivity contribution < 1.29 is 9.47 Å². The second-order valence-electron chi connectivity index (χ2n) is 4.16. The Morgan fingerprint density at radius 1 is 1.39 bits per heavy atom. The van der Waals surface area contributed by atoms with E-state index in [2.05, 4.69) is 36.3 Å². The predicted molar refractivity (Wildman–Crippen MR) is 79.3 cm³/mol. The Morgan fingerprint density at radius 3 is 3.00 bits per heavy atom. The third-order valence-corrected chi connectivity index (χ3v) is 3.44. The van der Waals surface area contributed by atoms with Crippen molar-refractivity contribution in [2.45, 2.75) is 6.42 Å². The van der Waals surface area contributed by atoms with Crippen molar-refractivity contribution in [2.75, 3.05) is 43.0 Å². The SMILES string of the molecule is INc1cncc(OCCCN2CCOCC2)c1. The van der Waals surface area contributed by atoms with Gasteiger partial charge < -0.3 is 13.0 Å². The van der Waals surface area contributed by atoms with Crippen LogP contribution in [0.3, 0.4) is 0 Å². The van der Waals surface area contributed by atoms with Gasteiger partial charge in [0.2, 0.25) is 0 Å². The highest BCUT2D eigenvalue weighted by molar-refractivity contribution is 14.1. The first-order valence-electron chi connectivity index (χ1n) is 6.13. The Morgan fingerprint density at radius 2 is 2.22 bits per heavy atom. The molecule has 0 spiro atoms. The molecular weight excluding hydrogens is 345 g/mol. The monoisotopic (exact) mass is 363 g/mol. The molecule has 1 aliphatic heterocycles. The summed E-state index contributed by atoms with van der Waals surface area (Å²) in [7, 11) is 0. The second kappa shape index (κ2) is 7.75. The van der Waals surface area contributed by atoms with Crippen molar-refractivity contribution in [3.05, 3.63) is 18.5 Å². The van der Waals surface area contributed by atoms with Gasteiger partial charge in [-0.3, -0.25) is 9.88 Å². The first kappa shape index (κ1) is 13.8. The molecule has 18 heavy (non-hydrogen) atoms. The molecule has 0 saturated carbocycles. The minimum absolute atomic E-state index is 0.726. The Bertz CT molecular complexity index is 359. The van der Waals surface area contributed by atoms with Gasteiger partial charge in [0.05, 0.1) is 60.8 Å². The van der Waals surface area contributed by atoms with Gasteiger partial charge in [-0.1, -0.05) is 0 Å². The Kier molecular flexibility index (Phi) is 5.95. The number of nitrogens with one attached hydrogen (secondary N) is 1. The number of pyridine rings is 1. The molecular formula is C12H18IN3O2. The number of anilines is 1. The van der Waals surface area contributed by atoms with Crippen LogP contribution in [0.5, 0.6) is 5.75 Å². The number of nitrogens with zero attached hydrogens (tertiary/aromatic N) is 2. The quantitative estimate of drug-likeness (QED) is 0.476. The Hall–Kier alpha value is -0.600. The molecule has 1 aromatic heterocycles. The number of aromatic nitrogens is 1. The van der Waals surface area contributed by atoms with E-state index in [-0.39, 0.29) is 0 Å². The van der Waals surface area contributed by atoms with Crippen LogP contribution in [0.2, 0.25) is 0 Å². The van der Waals surface area contributed by atoms with E-state index in [9.17, 15) is 0 Å². The first-order chi connectivity index (χ1) is 8.88. The number of ether oxygens (including phenoxy) is 2. The summed E-state index contributed by atoms with van der Waals surface area (Å²) in [6.07, 6.45) is 4.54. The molecule has 0 amide bonds. The fraction of sp³-hybridized carbons (Fsp3) is 0.583. The maximum atomic E-state index is 5.68. The second-order valence-corrected chi connectivity index (χ2v) is 4.70. The minimum atomic E-state index is 0.726. The summed E-state index contributed by atoms with van der Waals surface area (Å²) in [5.41, 5.74) is 0.960. The van der Waals surface area contributed by atoms with Crippen LogP contribution >= 0.6 is 22.9 Å². The lowest BCUT2D eigenvalue weighted by molar-refractivity contribution is 0.0358. The van der Waals surface area contributed by atoms with E-state index in [0.717, 1.165) is 57.3 Å². The van der Waals surface area contributed by atoms with Gasteiger partial charge in [0.25, 0.3) is 0 Å². The van der Waals surface area contributed by atoms with Crippen molar-refractivity contribution in [3.63, 3.8) is 0 Å². The molecule has 6 heteroatoms. The van der Waals surface area contributed by atoms with Gasteiger partial charge in [-0.2, -0.15) is 0 Å². The predicted octanol–water partition coefficient (Wildman–Crippen LogP) is 1.94. The van der Waals surface area contributed by atoms with Gasteiger partial charge in [-0.05, 0) is 6.42 Å². The van der Waals surface area contributed by atoms with Gasteiger partial charge in [0.15, 0.2) is 0 Å². The third kappa shape index (κ3) is 4.58. The van der Waals surface area contributed by atoms with E-state index in [1.165, 1.54) is 0 Å². The zero-order valence-electron chi connectivity index (χ0n) is 10.3. The maximum absolute atomic E-state index is 5.68. The Balaban J connectivity index is 1.65. The largest absolute Gasteiger partial charge is 0.492 e. The smallest absolute Gasteiger partial charge is 0.139 e. The van der Waals surface area contributed by atoms with Crippen LogP contribution in [0.15, 0.2) is 18.5 Å². The average Bonchev–Trinajstić information content (AvgIpc) is 2.45. The molecule has 1 aromatic rings. The highest BCUT2D eigenvalue weighted by Crippen LogP contribution is 2.16. The standard InChI is InChI=1S/C12H18IN3O2/c13-15-11-8-12(10-14-9-11)18-5-1-2-16-3-6-17-7-4-16/h8-10,15H,1-7H2. The van der Waals surface area contributed by atoms with E-state index in [0.29, 0.717) is 0 Å². The number of morpholine rings is 1. The van der Waals surface area contributed by atoms with E-state index < -0.39 is 0 Å². The Labute approximate surface area is 121 Å². The molecule has 0 bridgehead atoms. The van der Waals surface area contributed by atoms with Crippen molar-refractivity contribution in [2.24, 2.45) is 0 Å². The molecule has 1 aliphatic rings. The van der Waals surface area contributed by atoms with E-state index in [4.69, 9.17) is 9.47 Å². The molecule has 1 saturated heterocycles. The van der Waals surface area contributed by atoms with Crippen LogP contribution in [-0.2, 0) is 4.74 Å². The summed E-state index contributed by atoms with van der Waals surface area (Å²) in [6, 6.07) is 1.95. The van der Waals surface area contributed by atoms with Gasteiger partial charge in [0, 0.05) is 25.7 Å². The van der Waals surface area contributed by atoms with Crippen molar-refractivity contribution in [1.29, 1.82) is 0 Å². The van der Waals surface area contributed by atoms with Crippen LogP contribution in [0, 0.1) is 0 Å². The molecule has 2 rings (SSSR count). The van der Waals surface area contributed by atoms with E-state index in [1.54, 1.807) is 12.4 Å². The average molecular weight is 363 g/mol. The normalized spacial score (nSPS) is 16.5. The van der Waals surface area contributed by atoms with Crippen LogP contribution in [0.25, 0.3) is 0 Å². The topological polar surface area (TPSA) is 46.6 Å². The third-order valence-electron chi connectivity index (χ3n) is 2.81. The fourth-order valence-electron chi connectivity index (χ4n) is 1.85. The molecule has 5 nitrogen and oxygen atoms in total. The van der Waals surface area contributed by atoms with Gasteiger partial charge in [-0.15, -0.1) is 0 Å². The first-order valence-corrected chi connectivity index (χ1v) is 7.21. The molecule has 2 heterocycles. The highest BCUT2D eigenvalue weighted by Gasteiger charge is 2.09. The lowest BCUT2D eigenvalue weighted by Gasteiger charge is -2.26. The lowest BCUT2D eigenvalue weighted by Crippen LogP contribution is -2.37. The van der Waals surface area contributed by atoms with Crippen LogP contribution in [0.4, 0.5) is 5.69 Å². The number of hydrogen-bond donors (Lipinski definition) is 1. The van der Waals surface area contributed by atoms with E-state index >= 15 is 0 Å². The highest BCUT2D eigenvalue weighted by atomic mass is 127. The summed E-state index contributed by atoms with van der Waals surface area (Å²) >= 11 is 2.08. The summed E-state index contributed by atoms with van der Waals surface area (Å²) in [5, 5.41) is 0. The van der Waals surface area contributed by atoms with Crippen LogP contribution in [-0.4, -0.2) is 49.3 Å². The fourth-order valence-corrected chi connectivity index (χ4v) is 2.15. The lowest BCUT2D eigenvalue weighted by atomic mass is 10.3. The molecule has 0 aliphatic carbocycles. The van der Waals surface area contributed by atoms with Crippen molar-refractivity contribution in [3.8, 4) is 5.75 Å². The number of rotatable bonds is 6. The van der Waals surface area contributed by atoms with Crippen LogP contribution < -0.4 is 8.27 Å². The molecule has 0 radical (unpaired) electrons. The zero-order chi connectivity index (χ0) is 12.6. The molecule has 0 unspecified atom stereocenters. The van der Waals surface area contributed by atoms with E-state index in [1.807, 2.05) is 6.07 Å². The van der Waals surface area contributed by atoms with Gasteiger partial charge >= 0.3 is 0 Å². The van der Waals surface area contributed by atoms with Gasteiger partial charge in [0.1, 0.15) is 5.75 Å². The number of hydrogen-bond acceptors (Lipinski definition) is 5. The summed E-state index contributed by atoms with van der Waals surface area (Å²) in [5.74, 6) is 0.818. The maximum Gasteiger partial charge on any atom is 0.139 e. The molecule has 1 fully saturated rings. The summed E-state index contributed by atoms with van der Waals surface area (Å²) < 4.78 is 14.0. The van der Waals surface area contributed by atoms with Gasteiger partial charge in [-0.25, -0.2) is 0 Å². The molecule has 100 valence electrons. The summed E-state index contributed by atoms with van der Waals surface area (Å²) in [4.78, 5) is 6.52. The zero-order valence-corrected chi connectivity index (χ0v) is 12.4. The molecule has 0 atom stereocenters.